The SMILES string of the molecule is O=S1(=O)CCCN(CC(F)F)CC1. The lowest BCUT2D eigenvalue weighted by Crippen LogP contribution is -2.31. The van der Waals surface area contributed by atoms with E-state index in [1.165, 1.54) is 4.90 Å². The molecule has 1 rings (SSSR count). The van der Waals surface area contributed by atoms with Crippen molar-refractivity contribution in [3.8, 4) is 0 Å². The molecule has 0 saturated carbocycles. The Kier molecular flexibility index (Phi) is 3.61. The zero-order chi connectivity index (χ0) is 9.90. The maximum Gasteiger partial charge on any atom is 0.251 e. The fraction of sp³-hybridized carbons (Fsp3) is 1.00. The van der Waals surface area contributed by atoms with Gasteiger partial charge in [-0.15, -0.1) is 0 Å². The molecule has 78 valence electrons. The Labute approximate surface area is 76.6 Å². The fourth-order valence-electron chi connectivity index (χ4n) is 1.37. The van der Waals surface area contributed by atoms with Gasteiger partial charge in [0.1, 0.15) is 0 Å². The van der Waals surface area contributed by atoms with E-state index in [0.29, 0.717) is 13.0 Å². The van der Waals surface area contributed by atoms with Crippen LogP contribution in [0.5, 0.6) is 0 Å². The van der Waals surface area contributed by atoms with E-state index in [1.54, 1.807) is 0 Å². The summed E-state index contributed by atoms with van der Waals surface area (Å²) in [7, 11) is -2.97. The molecule has 6 heteroatoms. The Morgan fingerprint density at radius 3 is 2.54 bits per heavy atom. The lowest BCUT2D eigenvalue weighted by Gasteiger charge is -2.17. The summed E-state index contributed by atoms with van der Waals surface area (Å²) in [5, 5.41) is 0. The van der Waals surface area contributed by atoms with E-state index in [4.69, 9.17) is 0 Å². The quantitative estimate of drug-likeness (QED) is 0.665. The second kappa shape index (κ2) is 4.32. The van der Waals surface area contributed by atoms with Crippen molar-refractivity contribution in [1.82, 2.24) is 4.90 Å². The van der Waals surface area contributed by atoms with Gasteiger partial charge in [0.2, 0.25) is 0 Å². The Morgan fingerprint density at radius 1 is 1.23 bits per heavy atom. The average molecular weight is 213 g/mol. The first-order valence-electron chi connectivity index (χ1n) is 4.20. The molecule has 13 heavy (non-hydrogen) atoms. The molecule has 0 aromatic carbocycles. The first-order valence-corrected chi connectivity index (χ1v) is 6.03. The first kappa shape index (κ1) is 10.8. The van der Waals surface area contributed by atoms with Crippen molar-refractivity contribution in [3.63, 3.8) is 0 Å². The largest absolute Gasteiger partial charge is 0.297 e. The summed E-state index contributed by atoms with van der Waals surface area (Å²) in [5.41, 5.74) is 0. The van der Waals surface area contributed by atoms with Crippen LogP contribution in [0.4, 0.5) is 8.78 Å². The number of alkyl halides is 2. The zero-order valence-electron chi connectivity index (χ0n) is 7.25. The Hall–Kier alpha value is -0.230. The van der Waals surface area contributed by atoms with Gasteiger partial charge >= 0.3 is 0 Å². The molecule has 0 atom stereocenters. The summed E-state index contributed by atoms with van der Waals surface area (Å²) in [6, 6.07) is 0. The molecule has 1 fully saturated rings. The van der Waals surface area contributed by atoms with Crippen LogP contribution in [0.1, 0.15) is 6.42 Å². The molecule has 0 bridgehead atoms. The molecule has 3 nitrogen and oxygen atoms in total. The lowest BCUT2D eigenvalue weighted by atomic mass is 10.4. The minimum Gasteiger partial charge on any atom is -0.297 e. The van der Waals surface area contributed by atoms with Crippen LogP contribution in [0, 0.1) is 0 Å². The number of hydrogen-bond donors (Lipinski definition) is 0. The minimum absolute atomic E-state index is 0.0136. The summed E-state index contributed by atoms with van der Waals surface area (Å²) in [5.74, 6) is 0.145. The molecular formula is C7H13F2NO2S. The third-order valence-corrected chi connectivity index (χ3v) is 3.76. The zero-order valence-corrected chi connectivity index (χ0v) is 8.06. The number of nitrogens with zero attached hydrogens (tertiary/aromatic N) is 1. The molecule has 0 unspecified atom stereocenters. The summed E-state index contributed by atoms with van der Waals surface area (Å²) in [6.45, 7) is 0.395. The van der Waals surface area contributed by atoms with Crippen molar-refractivity contribution < 1.29 is 17.2 Å². The predicted molar refractivity (Wildman–Crippen MR) is 45.7 cm³/mol. The van der Waals surface area contributed by atoms with Gasteiger partial charge in [0.15, 0.2) is 9.84 Å². The van der Waals surface area contributed by atoms with Crippen molar-refractivity contribution in [2.75, 3.05) is 31.1 Å². The van der Waals surface area contributed by atoms with E-state index in [9.17, 15) is 17.2 Å². The Morgan fingerprint density at radius 2 is 1.92 bits per heavy atom. The molecule has 0 aromatic rings. The van der Waals surface area contributed by atoms with Gasteiger partial charge in [-0.3, -0.25) is 4.90 Å². The van der Waals surface area contributed by atoms with E-state index < -0.39 is 16.3 Å². The predicted octanol–water partition coefficient (Wildman–Crippen LogP) is 0.372. The molecular weight excluding hydrogens is 200 g/mol. The molecule has 1 saturated heterocycles. The highest BCUT2D eigenvalue weighted by Gasteiger charge is 2.20. The molecule has 1 aliphatic rings. The number of rotatable bonds is 2. The van der Waals surface area contributed by atoms with Crippen LogP contribution in [-0.2, 0) is 9.84 Å². The van der Waals surface area contributed by atoms with E-state index in [1.807, 2.05) is 0 Å². The van der Waals surface area contributed by atoms with E-state index in [2.05, 4.69) is 0 Å². The third kappa shape index (κ3) is 3.99. The van der Waals surface area contributed by atoms with Gasteiger partial charge in [0.25, 0.3) is 6.43 Å². The highest BCUT2D eigenvalue weighted by molar-refractivity contribution is 7.91. The van der Waals surface area contributed by atoms with Crippen LogP contribution in [-0.4, -0.2) is 50.9 Å². The van der Waals surface area contributed by atoms with Crippen LogP contribution < -0.4 is 0 Å². The summed E-state index contributed by atoms with van der Waals surface area (Å²) < 4.78 is 46.1. The molecule has 1 aliphatic heterocycles. The highest BCUT2D eigenvalue weighted by Crippen LogP contribution is 2.06. The van der Waals surface area contributed by atoms with Crippen molar-refractivity contribution >= 4 is 9.84 Å². The highest BCUT2D eigenvalue weighted by atomic mass is 32.2. The topological polar surface area (TPSA) is 37.4 Å². The second-order valence-electron chi connectivity index (χ2n) is 3.20. The van der Waals surface area contributed by atoms with E-state index in [-0.39, 0.29) is 24.6 Å². The maximum atomic E-state index is 12.0. The van der Waals surface area contributed by atoms with Crippen LogP contribution in [0.15, 0.2) is 0 Å². The third-order valence-electron chi connectivity index (χ3n) is 2.04. The van der Waals surface area contributed by atoms with Gasteiger partial charge in [-0.25, -0.2) is 17.2 Å². The maximum absolute atomic E-state index is 12.0. The lowest BCUT2D eigenvalue weighted by molar-refractivity contribution is 0.0920. The molecule has 0 spiro atoms. The molecule has 0 aliphatic carbocycles. The number of halogens is 2. The van der Waals surface area contributed by atoms with Gasteiger partial charge < -0.3 is 0 Å². The van der Waals surface area contributed by atoms with Crippen molar-refractivity contribution in [1.29, 1.82) is 0 Å². The van der Waals surface area contributed by atoms with Gasteiger partial charge in [0.05, 0.1) is 18.1 Å². The van der Waals surface area contributed by atoms with Crippen LogP contribution in [0.3, 0.4) is 0 Å². The molecule has 0 aromatic heterocycles. The fourth-order valence-corrected chi connectivity index (χ4v) is 2.68. The van der Waals surface area contributed by atoms with Crippen LogP contribution >= 0.6 is 0 Å². The summed E-state index contributed by atoms with van der Waals surface area (Å²) in [6.07, 6.45) is -1.91. The molecule has 1 heterocycles. The summed E-state index contributed by atoms with van der Waals surface area (Å²) in [4.78, 5) is 1.51. The molecule has 0 radical (unpaired) electrons. The normalized spacial score (nSPS) is 24.5. The van der Waals surface area contributed by atoms with E-state index in [0.717, 1.165) is 0 Å². The number of hydrogen-bond acceptors (Lipinski definition) is 3. The molecule has 0 amide bonds. The summed E-state index contributed by atoms with van der Waals surface area (Å²) >= 11 is 0. The monoisotopic (exact) mass is 213 g/mol. The smallest absolute Gasteiger partial charge is 0.251 e. The van der Waals surface area contributed by atoms with Crippen molar-refractivity contribution in [2.45, 2.75) is 12.8 Å². The van der Waals surface area contributed by atoms with Gasteiger partial charge in [-0.1, -0.05) is 0 Å². The van der Waals surface area contributed by atoms with E-state index >= 15 is 0 Å². The van der Waals surface area contributed by atoms with Gasteiger partial charge in [-0.05, 0) is 13.0 Å². The standard InChI is InChI=1S/C7H13F2NO2S/c8-7(9)6-10-2-1-4-13(11,12)5-3-10/h7H,1-6H2. The minimum atomic E-state index is -2.97. The van der Waals surface area contributed by atoms with Gasteiger partial charge in [0, 0.05) is 6.54 Å². The second-order valence-corrected chi connectivity index (χ2v) is 5.50. The van der Waals surface area contributed by atoms with Crippen molar-refractivity contribution in [2.24, 2.45) is 0 Å². The molecule has 0 N–H and O–H groups in total. The Balaban J connectivity index is 2.45. The van der Waals surface area contributed by atoms with Crippen LogP contribution in [0.2, 0.25) is 0 Å². The first-order chi connectivity index (χ1) is 5.99. The van der Waals surface area contributed by atoms with Crippen LogP contribution in [0.25, 0.3) is 0 Å². The van der Waals surface area contributed by atoms with Gasteiger partial charge in [-0.2, -0.15) is 0 Å². The average Bonchev–Trinajstić information content (AvgIpc) is 2.12. The Bertz CT molecular complexity index is 253. The van der Waals surface area contributed by atoms with Crippen molar-refractivity contribution in [3.05, 3.63) is 0 Å². The number of sulfone groups is 1.